The number of halogens is 1. The first-order chi connectivity index (χ1) is 13.1. The molecule has 5 nitrogen and oxygen atoms in total. The zero-order chi connectivity index (χ0) is 19.2. The Morgan fingerprint density at radius 1 is 1.07 bits per heavy atom. The molecule has 1 unspecified atom stereocenters. The second-order valence-corrected chi connectivity index (χ2v) is 6.98. The van der Waals surface area contributed by atoms with E-state index in [1.807, 2.05) is 37.3 Å². The summed E-state index contributed by atoms with van der Waals surface area (Å²) in [7, 11) is 3.36. The molecule has 1 heterocycles. The van der Waals surface area contributed by atoms with Gasteiger partial charge < -0.3 is 24.4 Å². The fraction of sp³-hybridized carbons (Fsp3) is 0.429. The summed E-state index contributed by atoms with van der Waals surface area (Å²) in [5.41, 5.74) is 2.23. The van der Waals surface area contributed by atoms with Crippen LogP contribution in [0.15, 0.2) is 36.4 Å². The highest BCUT2D eigenvalue weighted by molar-refractivity contribution is 6.30. The smallest absolute Gasteiger partial charge is 0.161 e. The molecule has 0 saturated carbocycles. The van der Waals surface area contributed by atoms with Gasteiger partial charge in [-0.05, 0) is 49.2 Å². The molecular formula is C21H27ClN2O3. The lowest BCUT2D eigenvalue weighted by atomic mass is 10.1. The van der Waals surface area contributed by atoms with E-state index in [1.54, 1.807) is 14.2 Å². The van der Waals surface area contributed by atoms with Crippen LogP contribution < -0.4 is 24.4 Å². The Morgan fingerprint density at radius 2 is 1.85 bits per heavy atom. The summed E-state index contributed by atoms with van der Waals surface area (Å²) in [6.07, 6.45) is 1.07. The summed E-state index contributed by atoms with van der Waals surface area (Å²) in [6, 6.07) is 12.2. The predicted molar refractivity (Wildman–Crippen MR) is 110 cm³/mol. The molecule has 146 valence electrons. The molecule has 1 saturated heterocycles. The second-order valence-electron chi connectivity index (χ2n) is 6.55. The fourth-order valence-corrected chi connectivity index (χ4v) is 3.58. The number of nitrogens with one attached hydrogen (secondary N) is 1. The van der Waals surface area contributed by atoms with E-state index in [-0.39, 0.29) is 0 Å². The van der Waals surface area contributed by atoms with E-state index in [0.717, 1.165) is 54.0 Å². The highest BCUT2D eigenvalue weighted by atomic mass is 35.5. The molecule has 2 aromatic rings. The Kier molecular flexibility index (Phi) is 6.69. The van der Waals surface area contributed by atoms with Crippen LogP contribution in [0.5, 0.6) is 17.2 Å². The van der Waals surface area contributed by atoms with E-state index in [1.165, 1.54) is 5.56 Å². The van der Waals surface area contributed by atoms with E-state index in [2.05, 4.69) is 16.3 Å². The van der Waals surface area contributed by atoms with Crippen molar-refractivity contribution in [1.29, 1.82) is 0 Å². The van der Waals surface area contributed by atoms with Crippen molar-refractivity contribution in [2.45, 2.75) is 25.9 Å². The van der Waals surface area contributed by atoms with Gasteiger partial charge in [0.1, 0.15) is 5.75 Å². The van der Waals surface area contributed by atoms with Gasteiger partial charge in [-0.2, -0.15) is 0 Å². The topological polar surface area (TPSA) is 43.0 Å². The third-order valence-corrected chi connectivity index (χ3v) is 5.03. The van der Waals surface area contributed by atoms with Crippen molar-refractivity contribution in [3.63, 3.8) is 0 Å². The van der Waals surface area contributed by atoms with Crippen LogP contribution in [0, 0.1) is 0 Å². The third kappa shape index (κ3) is 4.79. The van der Waals surface area contributed by atoms with Crippen LogP contribution in [-0.2, 0) is 6.54 Å². The van der Waals surface area contributed by atoms with Crippen molar-refractivity contribution in [2.75, 3.05) is 38.8 Å². The molecule has 0 radical (unpaired) electrons. The minimum absolute atomic E-state index is 0.409. The molecule has 27 heavy (non-hydrogen) atoms. The lowest BCUT2D eigenvalue weighted by Crippen LogP contribution is -2.32. The van der Waals surface area contributed by atoms with Crippen LogP contribution in [0.25, 0.3) is 0 Å². The molecule has 0 bridgehead atoms. The summed E-state index contributed by atoms with van der Waals surface area (Å²) in [5.74, 6) is 2.41. The van der Waals surface area contributed by atoms with Gasteiger partial charge in [0, 0.05) is 30.7 Å². The summed E-state index contributed by atoms with van der Waals surface area (Å²) >= 11 is 6.17. The Hall–Kier alpha value is -2.11. The monoisotopic (exact) mass is 390 g/mol. The molecule has 1 N–H and O–H groups in total. The van der Waals surface area contributed by atoms with Gasteiger partial charge in [0.15, 0.2) is 11.5 Å². The van der Waals surface area contributed by atoms with Crippen molar-refractivity contribution >= 4 is 17.3 Å². The Bertz CT molecular complexity index is 769. The van der Waals surface area contributed by atoms with E-state index in [4.69, 9.17) is 25.8 Å². The standard InChI is InChI=1S/C21H27ClN2O3/c1-4-27-20-7-5-15(11-21(20)26-3)13-23-17-9-10-24(14-17)18-12-16(22)6-8-19(18)25-2/h5-8,11-12,17,23H,4,9-10,13-14H2,1-3H3. The average molecular weight is 391 g/mol. The molecule has 1 aliphatic heterocycles. The molecule has 0 spiro atoms. The minimum atomic E-state index is 0.409. The van der Waals surface area contributed by atoms with E-state index in [0.29, 0.717) is 12.6 Å². The summed E-state index contributed by atoms with van der Waals surface area (Å²) in [4.78, 5) is 2.32. The zero-order valence-corrected chi connectivity index (χ0v) is 16.9. The molecule has 6 heteroatoms. The van der Waals surface area contributed by atoms with E-state index < -0.39 is 0 Å². The quantitative estimate of drug-likeness (QED) is 0.734. The van der Waals surface area contributed by atoms with Gasteiger partial charge in [0.2, 0.25) is 0 Å². The SMILES string of the molecule is CCOc1ccc(CNC2CCN(c3cc(Cl)ccc3OC)C2)cc1OC. The first kappa shape index (κ1) is 19.6. The van der Waals surface area contributed by atoms with Crippen LogP contribution in [0.1, 0.15) is 18.9 Å². The van der Waals surface area contributed by atoms with Crippen LogP contribution in [0.2, 0.25) is 5.02 Å². The van der Waals surface area contributed by atoms with E-state index in [9.17, 15) is 0 Å². The molecular weight excluding hydrogens is 364 g/mol. The van der Waals surface area contributed by atoms with Crippen molar-refractivity contribution in [1.82, 2.24) is 5.32 Å². The predicted octanol–water partition coefficient (Wildman–Crippen LogP) is 4.12. The molecule has 1 atom stereocenters. The largest absolute Gasteiger partial charge is 0.495 e. The summed E-state index contributed by atoms with van der Waals surface area (Å²) < 4.78 is 16.5. The highest BCUT2D eigenvalue weighted by Crippen LogP contribution is 2.33. The van der Waals surface area contributed by atoms with Crippen molar-refractivity contribution in [3.05, 3.63) is 47.0 Å². The normalized spacial score (nSPS) is 16.4. The Morgan fingerprint density at radius 3 is 2.59 bits per heavy atom. The first-order valence-electron chi connectivity index (χ1n) is 9.26. The molecule has 0 aromatic heterocycles. The Labute approximate surface area is 166 Å². The van der Waals surface area contributed by atoms with Crippen molar-refractivity contribution in [2.24, 2.45) is 0 Å². The number of hydrogen-bond acceptors (Lipinski definition) is 5. The number of rotatable bonds is 8. The van der Waals surface area contributed by atoms with Gasteiger partial charge in [-0.1, -0.05) is 17.7 Å². The van der Waals surface area contributed by atoms with Gasteiger partial charge in [-0.3, -0.25) is 0 Å². The van der Waals surface area contributed by atoms with Crippen LogP contribution >= 0.6 is 11.6 Å². The lowest BCUT2D eigenvalue weighted by molar-refractivity contribution is 0.310. The number of nitrogens with zero attached hydrogens (tertiary/aromatic N) is 1. The Balaban J connectivity index is 1.60. The number of methoxy groups -OCH3 is 2. The molecule has 1 fully saturated rings. The molecule has 2 aromatic carbocycles. The number of anilines is 1. The van der Waals surface area contributed by atoms with Crippen LogP contribution in [-0.4, -0.2) is 40.0 Å². The maximum Gasteiger partial charge on any atom is 0.161 e. The zero-order valence-electron chi connectivity index (χ0n) is 16.1. The van der Waals surface area contributed by atoms with Gasteiger partial charge in [-0.25, -0.2) is 0 Å². The highest BCUT2D eigenvalue weighted by Gasteiger charge is 2.24. The molecule has 1 aliphatic rings. The average Bonchev–Trinajstić information content (AvgIpc) is 3.16. The minimum Gasteiger partial charge on any atom is -0.495 e. The maximum atomic E-state index is 6.17. The second kappa shape index (κ2) is 9.20. The molecule has 0 amide bonds. The van der Waals surface area contributed by atoms with Crippen LogP contribution in [0.3, 0.4) is 0 Å². The van der Waals surface area contributed by atoms with Gasteiger partial charge in [-0.15, -0.1) is 0 Å². The van der Waals surface area contributed by atoms with Gasteiger partial charge in [0.25, 0.3) is 0 Å². The molecule has 0 aliphatic carbocycles. The lowest BCUT2D eigenvalue weighted by Gasteiger charge is -2.22. The third-order valence-electron chi connectivity index (χ3n) is 4.79. The summed E-state index contributed by atoms with van der Waals surface area (Å²) in [6.45, 7) is 5.27. The number of ether oxygens (including phenoxy) is 3. The van der Waals surface area contributed by atoms with E-state index >= 15 is 0 Å². The van der Waals surface area contributed by atoms with Gasteiger partial charge in [0.05, 0.1) is 26.5 Å². The fourth-order valence-electron chi connectivity index (χ4n) is 3.41. The number of benzene rings is 2. The van der Waals surface area contributed by atoms with Crippen LogP contribution in [0.4, 0.5) is 5.69 Å². The van der Waals surface area contributed by atoms with Gasteiger partial charge >= 0.3 is 0 Å². The first-order valence-corrected chi connectivity index (χ1v) is 9.64. The van der Waals surface area contributed by atoms with Crippen molar-refractivity contribution < 1.29 is 14.2 Å². The number of hydrogen-bond donors (Lipinski definition) is 1. The maximum absolute atomic E-state index is 6.17. The molecule has 3 rings (SSSR count). The van der Waals surface area contributed by atoms with Crippen molar-refractivity contribution in [3.8, 4) is 17.2 Å². The summed E-state index contributed by atoms with van der Waals surface area (Å²) in [5, 5.41) is 4.37.